The number of piperidine rings is 1. The molecule has 0 aliphatic carbocycles. The Morgan fingerprint density at radius 3 is 3.06 bits per heavy atom. The van der Waals surface area contributed by atoms with E-state index in [-0.39, 0.29) is 5.91 Å². The monoisotopic (exact) mass is 252 g/mol. The summed E-state index contributed by atoms with van der Waals surface area (Å²) in [5.41, 5.74) is 6.33. The summed E-state index contributed by atoms with van der Waals surface area (Å²) in [6.07, 6.45) is 2.16. The number of nitrogens with two attached hydrogens (primary N) is 1. The van der Waals surface area contributed by atoms with Crippen LogP contribution in [0.3, 0.4) is 0 Å². The Morgan fingerprint density at radius 2 is 2.35 bits per heavy atom. The maximum Gasteiger partial charge on any atom is 0.253 e. The number of rotatable bonds is 2. The van der Waals surface area contributed by atoms with Crippen LogP contribution in [0.15, 0.2) is 24.3 Å². The van der Waals surface area contributed by atoms with Crippen LogP contribution in [-0.2, 0) is 0 Å². The molecule has 0 saturated carbocycles. The summed E-state index contributed by atoms with van der Waals surface area (Å²) >= 11 is 5.89. The van der Waals surface area contributed by atoms with Crippen molar-refractivity contribution in [1.29, 1.82) is 0 Å². The van der Waals surface area contributed by atoms with E-state index in [1.54, 1.807) is 24.3 Å². The summed E-state index contributed by atoms with van der Waals surface area (Å²) in [5, 5.41) is 0.600. The second-order valence-electron chi connectivity index (χ2n) is 4.51. The van der Waals surface area contributed by atoms with Gasteiger partial charge in [0, 0.05) is 23.7 Å². The number of halogens is 1. The largest absolute Gasteiger partial charge is 0.338 e. The first-order valence-corrected chi connectivity index (χ1v) is 6.33. The number of nitrogens with zero attached hydrogens (tertiary/aromatic N) is 1. The molecule has 2 rings (SSSR count). The summed E-state index contributed by atoms with van der Waals surface area (Å²) < 4.78 is 0. The molecule has 0 unspecified atom stereocenters. The third kappa shape index (κ3) is 2.99. The lowest BCUT2D eigenvalue weighted by atomic mass is 9.97. The average Bonchev–Trinajstić information content (AvgIpc) is 2.38. The number of carbonyl (C=O) groups excluding carboxylic acids is 1. The predicted molar refractivity (Wildman–Crippen MR) is 69.1 cm³/mol. The SMILES string of the molecule is NC[C@@H]1CCCN(C(=O)c2cccc(Cl)c2)C1. The number of hydrogen-bond donors (Lipinski definition) is 1. The van der Waals surface area contributed by atoms with Crippen LogP contribution in [0.25, 0.3) is 0 Å². The number of amides is 1. The highest BCUT2D eigenvalue weighted by Crippen LogP contribution is 2.19. The molecule has 3 nitrogen and oxygen atoms in total. The van der Waals surface area contributed by atoms with Crippen LogP contribution in [0.1, 0.15) is 23.2 Å². The van der Waals surface area contributed by atoms with Crippen molar-refractivity contribution < 1.29 is 4.79 Å². The number of benzene rings is 1. The third-order valence-corrected chi connectivity index (χ3v) is 3.45. The van der Waals surface area contributed by atoms with E-state index in [0.29, 0.717) is 23.0 Å². The molecular weight excluding hydrogens is 236 g/mol. The van der Waals surface area contributed by atoms with Gasteiger partial charge in [0.2, 0.25) is 0 Å². The second-order valence-corrected chi connectivity index (χ2v) is 4.94. The van der Waals surface area contributed by atoms with Crippen LogP contribution in [-0.4, -0.2) is 30.4 Å². The van der Waals surface area contributed by atoms with Crippen molar-refractivity contribution in [2.75, 3.05) is 19.6 Å². The minimum Gasteiger partial charge on any atom is -0.338 e. The highest BCUT2D eigenvalue weighted by Gasteiger charge is 2.23. The molecule has 1 fully saturated rings. The van der Waals surface area contributed by atoms with E-state index >= 15 is 0 Å². The standard InChI is InChI=1S/C13H17ClN2O/c14-12-5-1-4-11(7-12)13(17)16-6-2-3-10(8-15)9-16/h1,4-5,7,10H,2-3,6,8-9,15H2/t10-/m0/s1. The Morgan fingerprint density at radius 1 is 1.53 bits per heavy atom. The van der Waals surface area contributed by atoms with Crippen LogP contribution in [0.5, 0.6) is 0 Å². The highest BCUT2D eigenvalue weighted by atomic mass is 35.5. The molecule has 1 amide bonds. The minimum atomic E-state index is 0.0608. The van der Waals surface area contributed by atoms with Gasteiger partial charge in [-0.15, -0.1) is 0 Å². The van der Waals surface area contributed by atoms with Crippen LogP contribution >= 0.6 is 11.6 Å². The van der Waals surface area contributed by atoms with Crippen LogP contribution < -0.4 is 5.73 Å². The van der Waals surface area contributed by atoms with Gasteiger partial charge in [0.15, 0.2) is 0 Å². The Balaban J connectivity index is 2.09. The smallest absolute Gasteiger partial charge is 0.253 e. The first kappa shape index (κ1) is 12.4. The molecule has 1 aliphatic rings. The fourth-order valence-electron chi connectivity index (χ4n) is 2.25. The molecule has 0 bridgehead atoms. The van der Waals surface area contributed by atoms with E-state index in [1.807, 2.05) is 4.90 Å². The Bertz CT molecular complexity index is 408. The first-order chi connectivity index (χ1) is 8.20. The molecule has 2 N–H and O–H groups in total. The van der Waals surface area contributed by atoms with Gasteiger partial charge >= 0.3 is 0 Å². The third-order valence-electron chi connectivity index (χ3n) is 3.21. The fourth-order valence-corrected chi connectivity index (χ4v) is 2.44. The lowest BCUT2D eigenvalue weighted by Gasteiger charge is -2.32. The van der Waals surface area contributed by atoms with Gasteiger partial charge in [0.1, 0.15) is 0 Å². The highest BCUT2D eigenvalue weighted by molar-refractivity contribution is 6.30. The van der Waals surface area contributed by atoms with Gasteiger partial charge in [-0.25, -0.2) is 0 Å². The van der Waals surface area contributed by atoms with Crippen molar-refractivity contribution in [2.24, 2.45) is 11.7 Å². The van der Waals surface area contributed by atoms with E-state index in [2.05, 4.69) is 0 Å². The molecule has 0 radical (unpaired) electrons. The van der Waals surface area contributed by atoms with Crippen LogP contribution in [0.4, 0.5) is 0 Å². The van der Waals surface area contributed by atoms with Crippen molar-refractivity contribution in [3.63, 3.8) is 0 Å². The van der Waals surface area contributed by atoms with Gasteiger partial charge < -0.3 is 10.6 Å². The molecule has 1 aromatic rings. The van der Waals surface area contributed by atoms with Gasteiger partial charge in [-0.3, -0.25) is 4.79 Å². The van der Waals surface area contributed by atoms with Crippen molar-refractivity contribution in [1.82, 2.24) is 4.90 Å². The summed E-state index contributed by atoms with van der Waals surface area (Å²) in [7, 11) is 0. The number of hydrogen-bond acceptors (Lipinski definition) is 2. The fraction of sp³-hybridized carbons (Fsp3) is 0.462. The molecule has 17 heavy (non-hydrogen) atoms. The van der Waals surface area contributed by atoms with E-state index in [4.69, 9.17) is 17.3 Å². The Kier molecular flexibility index (Phi) is 4.02. The van der Waals surface area contributed by atoms with Crippen molar-refractivity contribution in [2.45, 2.75) is 12.8 Å². The number of carbonyl (C=O) groups is 1. The number of likely N-dealkylation sites (tertiary alicyclic amines) is 1. The van der Waals surface area contributed by atoms with E-state index in [0.717, 1.165) is 25.9 Å². The van der Waals surface area contributed by atoms with Crippen molar-refractivity contribution in [3.05, 3.63) is 34.9 Å². The van der Waals surface area contributed by atoms with Gasteiger partial charge in [-0.05, 0) is 43.5 Å². The molecule has 1 heterocycles. The predicted octanol–water partition coefficient (Wildman–Crippen LogP) is 2.15. The zero-order chi connectivity index (χ0) is 12.3. The lowest BCUT2D eigenvalue weighted by Crippen LogP contribution is -2.42. The van der Waals surface area contributed by atoms with Crippen LogP contribution in [0, 0.1) is 5.92 Å². The summed E-state index contributed by atoms with van der Waals surface area (Å²) in [4.78, 5) is 14.1. The average molecular weight is 253 g/mol. The lowest BCUT2D eigenvalue weighted by molar-refractivity contribution is 0.0678. The molecule has 1 aliphatic heterocycles. The maximum absolute atomic E-state index is 12.2. The summed E-state index contributed by atoms with van der Waals surface area (Å²) in [5.74, 6) is 0.498. The van der Waals surface area contributed by atoms with Gasteiger partial charge in [-0.2, -0.15) is 0 Å². The molecule has 4 heteroatoms. The maximum atomic E-state index is 12.2. The van der Waals surface area contributed by atoms with Crippen molar-refractivity contribution in [3.8, 4) is 0 Å². The summed E-state index contributed by atoms with van der Waals surface area (Å²) in [6.45, 7) is 2.24. The van der Waals surface area contributed by atoms with Gasteiger partial charge in [0.25, 0.3) is 5.91 Å². The second kappa shape index (κ2) is 5.52. The zero-order valence-electron chi connectivity index (χ0n) is 9.73. The Hall–Kier alpha value is -1.06. The van der Waals surface area contributed by atoms with Crippen molar-refractivity contribution >= 4 is 17.5 Å². The molecule has 92 valence electrons. The minimum absolute atomic E-state index is 0.0608. The Labute approximate surface area is 107 Å². The first-order valence-electron chi connectivity index (χ1n) is 5.95. The normalized spacial score (nSPS) is 20.4. The van der Waals surface area contributed by atoms with Crippen LogP contribution in [0.2, 0.25) is 5.02 Å². The molecule has 1 saturated heterocycles. The van der Waals surface area contributed by atoms with Gasteiger partial charge in [0.05, 0.1) is 0 Å². The molecule has 0 aromatic heterocycles. The topological polar surface area (TPSA) is 46.3 Å². The molecule has 1 atom stereocenters. The molecule has 1 aromatic carbocycles. The summed E-state index contributed by atoms with van der Waals surface area (Å²) in [6, 6.07) is 7.10. The quantitative estimate of drug-likeness (QED) is 0.877. The van der Waals surface area contributed by atoms with E-state index in [9.17, 15) is 4.79 Å². The molecule has 0 spiro atoms. The zero-order valence-corrected chi connectivity index (χ0v) is 10.5. The van der Waals surface area contributed by atoms with E-state index in [1.165, 1.54) is 0 Å². The molecular formula is C13H17ClN2O. The van der Waals surface area contributed by atoms with E-state index < -0.39 is 0 Å². The van der Waals surface area contributed by atoms with Gasteiger partial charge in [-0.1, -0.05) is 17.7 Å².